The van der Waals surface area contributed by atoms with E-state index < -0.39 is 0 Å². The molecule has 0 heterocycles. The predicted octanol–water partition coefficient (Wildman–Crippen LogP) is 2.90. The molecule has 1 N–H and O–H groups in total. The molecule has 0 aromatic heterocycles. The van der Waals surface area contributed by atoms with Gasteiger partial charge in [0.15, 0.2) is 0 Å². The molecule has 0 atom stereocenters. The number of nitrogens with zero attached hydrogens (tertiary/aromatic N) is 1. The molecule has 3 heteroatoms. The first-order valence-electron chi connectivity index (χ1n) is 6.27. The van der Waals surface area contributed by atoms with Gasteiger partial charge < -0.3 is 10.2 Å². The lowest BCUT2D eigenvalue weighted by Gasteiger charge is -2.20. The van der Waals surface area contributed by atoms with E-state index in [1.54, 1.807) is 6.07 Å². The van der Waals surface area contributed by atoms with E-state index in [1.165, 1.54) is 6.07 Å². The first kappa shape index (κ1) is 14.0. The van der Waals surface area contributed by atoms with Crippen molar-refractivity contribution in [1.82, 2.24) is 5.32 Å². The van der Waals surface area contributed by atoms with Gasteiger partial charge in [0.25, 0.3) is 0 Å². The van der Waals surface area contributed by atoms with Gasteiger partial charge in [-0.05, 0) is 37.6 Å². The minimum atomic E-state index is -0.148. The molecule has 0 saturated carbocycles. The molecule has 0 bridgehead atoms. The second kappa shape index (κ2) is 7.28. The number of hydrogen-bond donors (Lipinski definition) is 1. The molecular formula is C14H23FN2. The molecule has 2 nitrogen and oxygen atoms in total. The van der Waals surface area contributed by atoms with Gasteiger partial charge in [-0.1, -0.05) is 26.0 Å². The molecular weight excluding hydrogens is 215 g/mol. The average molecular weight is 238 g/mol. The van der Waals surface area contributed by atoms with Gasteiger partial charge >= 0.3 is 0 Å². The van der Waals surface area contributed by atoms with E-state index in [0.717, 1.165) is 26.1 Å². The largest absolute Gasteiger partial charge is 0.372 e. The summed E-state index contributed by atoms with van der Waals surface area (Å²) >= 11 is 0. The Bertz CT molecular complexity index is 326. The number of anilines is 1. The minimum absolute atomic E-state index is 0.148. The molecule has 0 aliphatic rings. The van der Waals surface area contributed by atoms with Gasteiger partial charge in [-0.2, -0.15) is 0 Å². The van der Waals surface area contributed by atoms with Gasteiger partial charge in [0.2, 0.25) is 0 Å². The van der Waals surface area contributed by atoms with Crippen molar-refractivity contribution in [3.05, 3.63) is 30.1 Å². The number of halogens is 1. The van der Waals surface area contributed by atoms with Crippen LogP contribution in [0.4, 0.5) is 10.1 Å². The van der Waals surface area contributed by atoms with Crippen LogP contribution in [0.3, 0.4) is 0 Å². The Labute approximate surface area is 104 Å². The van der Waals surface area contributed by atoms with E-state index in [2.05, 4.69) is 19.2 Å². The highest BCUT2D eigenvalue weighted by Gasteiger charge is 2.05. The molecule has 96 valence electrons. The summed E-state index contributed by atoms with van der Waals surface area (Å²) < 4.78 is 13.5. The summed E-state index contributed by atoms with van der Waals surface area (Å²) in [6, 6.07) is 6.91. The average Bonchev–Trinajstić information content (AvgIpc) is 2.28. The zero-order valence-electron chi connectivity index (χ0n) is 11.0. The summed E-state index contributed by atoms with van der Waals surface area (Å²) in [7, 11) is 1.93. The molecule has 1 rings (SSSR count). The van der Waals surface area contributed by atoms with Gasteiger partial charge in [0, 0.05) is 13.6 Å². The number of para-hydroxylation sites is 1. The van der Waals surface area contributed by atoms with E-state index >= 15 is 0 Å². The highest BCUT2D eigenvalue weighted by atomic mass is 19.1. The molecule has 0 fully saturated rings. The molecule has 17 heavy (non-hydrogen) atoms. The van der Waals surface area contributed by atoms with Crippen LogP contribution in [-0.4, -0.2) is 26.7 Å². The fourth-order valence-corrected chi connectivity index (χ4v) is 1.71. The molecule has 0 spiro atoms. The van der Waals surface area contributed by atoms with E-state index in [9.17, 15) is 4.39 Å². The van der Waals surface area contributed by atoms with Crippen LogP contribution in [0, 0.1) is 11.7 Å². The van der Waals surface area contributed by atoms with E-state index in [-0.39, 0.29) is 5.82 Å². The Balaban J connectivity index is 2.26. The van der Waals surface area contributed by atoms with E-state index in [1.807, 2.05) is 24.1 Å². The van der Waals surface area contributed by atoms with Crippen LogP contribution in [0.2, 0.25) is 0 Å². The SMILES string of the molecule is CC(C)CNCCCN(C)c1ccccc1F. The number of benzene rings is 1. The Morgan fingerprint density at radius 3 is 2.65 bits per heavy atom. The van der Waals surface area contributed by atoms with Crippen molar-refractivity contribution < 1.29 is 4.39 Å². The minimum Gasteiger partial charge on any atom is -0.372 e. The fraction of sp³-hybridized carbons (Fsp3) is 0.571. The zero-order chi connectivity index (χ0) is 12.7. The van der Waals surface area contributed by atoms with Crippen LogP contribution in [0.1, 0.15) is 20.3 Å². The number of rotatable bonds is 7. The highest BCUT2D eigenvalue weighted by Crippen LogP contribution is 2.16. The third-order valence-corrected chi connectivity index (χ3v) is 2.66. The molecule has 0 aliphatic heterocycles. The second-order valence-electron chi connectivity index (χ2n) is 4.82. The standard InChI is InChI=1S/C14H23FN2/c1-12(2)11-16-9-6-10-17(3)14-8-5-4-7-13(14)15/h4-5,7-8,12,16H,6,9-11H2,1-3H3. The zero-order valence-corrected chi connectivity index (χ0v) is 11.0. The number of hydrogen-bond acceptors (Lipinski definition) is 2. The summed E-state index contributed by atoms with van der Waals surface area (Å²) in [5.74, 6) is 0.532. The Kier molecular flexibility index (Phi) is 5.98. The highest BCUT2D eigenvalue weighted by molar-refractivity contribution is 5.46. The van der Waals surface area contributed by atoms with Gasteiger partial charge in [0.05, 0.1) is 5.69 Å². The maximum atomic E-state index is 13.5. The maximum Gasteiger partial charge on any atom is 0.146 e. The fourth-order valence-electron chi connectivity index (χ4n) is 1.71. The lowest BCUT2D eigenvalue weighted by Crippen LogP contribution is -2.26. The monoisotopic (exact) mass is 238 g/mol. The summed E-state index contributed by atoms with van der Waals surface area (Å²) in [5.41, 5.74) is 0.677. The lowest BCUT2D eigenvalue weighted by molar-refractivity contribution is 0.542. The Hall–Kier alpha value is -1.09. The van der Waals surface area contributed by atoms with Crippen molar-refractivity contribution in [2.45, 2.75) is 20.3 Å². The number of nitrogens with one attached hydrogen (secondary N) is 1. The van der Waals surface area contributed by atoms with Crippen LogP contribution >= 0.6 is 0 Å². The van der Waals surface area contributed by atoms with Gasteiger partial charge in [0.1, 0.15) is 5.82 Å². The van der Waals surface area contributed by atoms with Gasteiger partial charge in [-0.25, -0.2) is 4.39 Å². The maximum absolute atomic E-state index is 13.5. The second-order valence-corrected chi connectivity index (χ2v) is 4.82. The van der Waals surface area contributed by atoms with E-state index in [4.69, 9.17) is 0 Å². The molecule has 0 aliphatic carbocycles. The van der Waals surface area contributed by atoms with Crippen molar-refractivity contribution in [2.75, 3.05) is 31.6 Å². The van der Waals surface area contributed by atoms with Gasteiger partial charge in [-0.3, -0.25) is 0 Å². The first-order chi connectivity index (χ1) is 8.11. The predicted molar refractivity (Wildman–Crippen MR) is 72.0 cm³/mol. The van der Waals surface area contributed by atoms with Crippen LogP contribution in [0.5, 0.6) is 0 Å². The normalized spacial score (nSPS) is 10.9. The Morgan fingerprint density at radius 1 is 1.29 bits per heavy atom. The summed E-state index contributed by atoms with van der Waals surface area (Å²) in [6.07, 6.45) is 1.03. The quantitative estimate of drug-likeness (QED) is 0.735. The molecule has 0 radical (unpaired) electrons. The van der Waals surface area contributed by atoms with Crippen LogP contribution < -0.4 is 10.2 Å². The van der Waals surface area contributed by atoms with Crippen LogP contribution in [0.25, 0.3) is 0 Å². The smallest absolute Gasteiger partial charge is 0.146 e. The van der Waals surface area contributed by atoms with Gasteiger partial charge in [-0.15, -0.1) is 0 Å². The third kappa shape index (κ3) is 5.18. The topological polar surface area (TPSA) is 15.3 Å². The van der Waals surface area contributed by atoms with Crippen molar-refractivity contribution in [1.29, 1.82) is 0 Å². The van der Waals surface area contributed by atoms with E-state index in [0.29, 0.717) is 11.6 Å². The van der Waals surface area contributed by atoms with Crippen molar-refractivity contribution in [3.8, 4) is 0 Å². The lowest BCUT2D eigenvalue weighted by atomic mass is 10.2. The summed E-state index contributed by atoms with van der Waals surface area (Å²) in [5, 5.41) is 3.39. The molecule has 1 aromatic rings. The molecule has 0 unspecified atom stereocenters. The third-order valence-electron chi connectivity index (χ3n) is 2.66. The summed E-state index contributed by atoms with van der Waals surface area (Å²) in [6.45, 7) is 7.28. The van der Waals surface area contributed by atoms with Crippen LogP contribution in [0.15, 0.2) is 24.3 Å². The Morgan fingerprint density at radius 2 is 2.00 bits per heavy atom. The summed E-state index contributed by atoms with van der Waals surface area (Å²) in [4.78, 5) is 1.96. The van der Waals surface area contributed by atoms with Crippen molar-refractivity contribution >= 4 is 5.69 Å². The first-order valence-corrected chi connectivity index (χ1v) is 6.27. The molecule has 0 amide bonds. The van der Waals surface area contributed by atoms with Crippen LogP contribution in [-0.2, 0) is 0 Å². The molecule has 1 aromatic carbocycles. The molecule has 0 saturated heterocycles. The van der Waals surface area contributed by atoms with Crippen molar-refractivity contribution in [2.24, 2.45) is 5.92 Å². The van der Waals surface area contributed by atoms with Crippen molar-refractivity contribution in [3.63, 3.8) is 0 Å².